The van der Waals surface area contributed by atoms with Gasteiger partial charge in [0.2, 0.25) is 0 Å². The Bertz CT molecular complexity index is 1220. The molecule has 0 aliphatic carbocycles. The highest BCUT2D eigenvalue weighted by molar-refractivity contribution is 7.99. The Kier molecular flexibility index (Phi) is 9.23. The predicted octanol–water partition coefficient (Wildman–Crippen LogP) is 7.26. The molecule has 3 heterocycles. The number of pyridine rings is 3. The van der Waals surface area contributed by atoms with Crippen LogP contribution < -0.4 is 0 Å². The molecule has 5 nitrogen and oxygen atoms in total. The van der Waals surface area contributed by atoms with Crippen molar-refractivity contribution in [1.82, 2.24) is 15.0 Å². The molecule has 4 rings (SSSR count). The fourth-order valence-corrected chi connectivity index (χ4v) is 4.65. The number of aromatic nitrogens is 3. The van der Waals surface area contributed by atoms with Crippen molar-refractivity contribution >= 4 is 11.8 Å². The van der Waals surface area contributed by atoms with Gasteiger partial charge in [-0.1, -0.05) is 55.5 Å². The summed E-state index contributed by atoms with van der Waals surface area (Å²) in [4.78, 5) is 14.5. The van der Waals surface area contributed by atoms with Gasteiger partial charge in [0.05, 0.1) is 34.6 Å². The summed E-state index contributed by atoms with van der Waals surface area (Å²) in [7, 11) is 0. The number of nitrogens with zero attached hydrogens (tertiary/aromatic N) is 3. The van der Waals surface area contributed by atoms with Gasteiger partial charge in [-0.25, -0.2) is 9.97 Å². The van der Waals surface area contributed by atoms with Crippen LogP contribution in [-0.4, -0.2) is 32.2 Å². The molecule has 0 radical (unpaired) electrons. The van der Waals surface area contributed by atoms with E-state index in [-0.39, 0.29) is 23.7 Å². The Labute approximate surface area is 218 Å². The van der Waals surface area contributed by atoms with Gasteiger partial charge < -0.3 is 9.47 Å². The van der Waals surface area contributed by atoms with E-state index in [1.165, 1.54) is 0 Å². The lowest BCUT2D eigenvalue weighted by Gasteiger charge is -2.23. The number of ether oxygens (including phenoxy) is 2. The molecule has 186 valence electrons. The third-order valence-corrected chi connectivity index (χ3v) is 6.45. The average Bonchev–Trinajstić information content (AvgIpc) is 2.91. The van der Waals surface area contributed by atoms with Crippen LogP contribution in [0.15, 0.2) is 91.1 Å². The van der Waals surface area contributed by atoms with Crippen LogP contribution in [0.3, 0.4) is 0 Å². The molecule has 0 bridgehead atoms. The van der Waals surface area contributed by atoms with Gasteiger partial charge in [-0.2, -0.15) is 0 Å². The summed E-state index contributed by atoms with van der Waals surface area (Å²) in [5.74, 6) is 0.989. The van der Waals surface area contributed by atoms with Crippen molar-refractivity contribution in [3.63, 3.8) is 0 Å². The van der Waals surface area contributed by atoms with Crippen molar-refractivity contribution in [2.45, 2.75) is 51.4 Å². The molecule has 0 saturated carbocycles. The highest BCUT2D eigenvalue weighted by Crippen LogP contribution is 2.31. The molecular weight excluding hydrogens is 466 g/mol. The zero-order chi connectivity index (χ0) is 25.3. The third-order valence-electron chi connectivity index (χ3n) is 5.54. The first-order chi connectivity index (χ1) is 17.5. The molecule has 0 aliphatic rings. The molecule has 0 spiro atoms. The molecule has 3 aromatic heterocycles. The Morgan fingerprint density at radius 3 is 1.86 bits per heavy atom. The topological polar surface area (TPSA) is 57.1 Å². The van der Waals surface area contributed by atoms with Gasteiger partial charge in [-0.3, -0.25) is 4.98 Å². The summed E-state index contributed by atoms with van der Waals surface area (Å²) in [6, 6.07) is 28.1. The minimum atomic E-state index is -0.360. The van der Waals surface area contributed by atoms with E-state index in [2.05, 4.69) is 31.0 Å². The van der Waals surface area contributed by atoms with Crippen LogP contribution in [-0.2, 0) is 9.47 Å². The largest absolute Gasteiger partial charge is 0.363 e. The maximum Gasteiger partial charge on any atom is 0.142 e. The molecule has 4 aromatic rings. The number of rotatable bonds is 11. The smallest absolute Gasteiger partial charge is 0.142 e. The Morgan fingerprint density at radius 1 is 0.667 bits per heavy atom. The number of hydrogen-bond acceptors (Lipinski definition) is 6. The second-order valence-corrected chi connectivity index (χ2v) is 10.2. The summed E-state index contributed by atoms with van der Waals surface area (Å²) in [5.41, 5.74) is 5.18. The molecule has 3 unspecified atom stereocenters. The molecule has 3 atom stereocenters. The summed E-state index contributed by atoms with van der Waals surface area (Å²) < 4.78 is 12.7. The van der Waals surface area contributed by atoms with Crippen LogP contribution in [0, 0.1) is 0 Å². The van der Waals surface area contributed by atoms with Crippen LogP contribution in [0.1, 0.15) is 62.5 Å². The molecule has 0 fully saturated rings. The highest BCUT2D eigenvalue weighted by Gasteiger charge is 2.22. The van der Waals surface area contributed by atoms with Gasteiger partial charge in [0.15, 0.2) is 0 Å². The maximum absolute atomic E-state index is 6.47. The van der Waals surface area contributed by atoms with Crippen LogP contribution in [0.2, 0.25) is 0 Å². The van der Waals surface area contributed by atoms with E-state index in [9.17, 15) is 0 Å². The van der Waals surface area contributed by atoms with Crippen molar-refractivity contribution < 1.29 is 9.47 Å². The number of benzene rings is 1. The lowest BCUT2D eigenvalue weighted by Crippen LogP contribution is -2.15. The average molecular weight is 500 g/mol. The van der Waals surface area contributed by atoms with E-state index in [4.69, 9.17) is 19.4 Å². The molecular formula is C30H33N3O2S. The Morgan fingerprint density at radius 2 is 1.28 bits per heavy atom. The van der Waals surface area contributed by atoms with Gasteiger partial charge in [-0.05, 0) is 68.5 Å². The van der Waals surface area contributed by atoms with Crippen LogP contribution in [0.25, 0.3) is 11.4 Å². The van der Waals surface area contributed by atoms with E-state index in [1.807, 2.05) is 86.6 Å². The number of hydrogen-bond donors (Lipinski definition) is 0. The quantitative estimate of drug-likeness (QED) is 0.202. The Balaban J connectivity index is 1.69. The SMILES string of the molecule is CCSC(C)OC(c1ccccc1)c1cccc(-c2cccc(C(OC(C)C)c3ccccn3)n2)n1. The summed E-state index contributed by atoms with van der Waals surface area (Å²) in [5, 5.41) is 0. The first-order valence-electron chi connectivity index (χ1n) is 12.4. The van der Waals surface area contributed by atoms with E-state index in [1.54, 1.807) is 18.0 Å². The van der Waals surface area contributed by atoms with Crippen molar-refractivity contribution in [3.05, 3.63) is 114 Å². The van der Waals surface area contributed by atoms with E-state index < -0.39 is 0 Å². The zero-order valence-corrected chi connectivity index (χ0v) is 22.1. The first kappa shape index (κ1) is 26.0. The normalized spacial score (nSPS) is 13.9. The fraction of sp³-hybridized carbons (Fsp3) is 0.300. The standard InChI is InChI=1S/C30H33N3O2S/c1-5-36-22(4)35-29(23-13-7-6-8-14-23)27-18-11-16-24(32-27)25-17-12-19-28(33-25)30(34-21(2)3)26-15-9-10-20-31-26/h6-22,29-30H,5H2,1-4H3. The van der Waals surface area contributed by atoms with Crippen molar-refractivity contribution in [1.29, 1.82) is 0 Å². The first-order valence-corrected chi connectivity index (χ1v) is 13.4. The minimum Gasteiger partial charge on any atom is -0.363 e. The predicted molar refractivity (Wildman–Crippen MR) is 147 cm³/mol. The Hall–Kier alpha value is -3.06. The second-order valence-electron chi connectivity index (χ2n) is 8.66. The monoisotopic (exact) mass is 499 g/mol. The molecule has 36 heavy (non-hydrogen) atoms. The van der Waals surface area contributed by atoms with E-state index in [0.29, 0.717) is 0 Å². The highest BCUT2D eigenvalue weighted by atomic mass is 32.2. The van der Waals surface area contributed by atoms with Gasteiger partial charge in [0.1, 0.15) is 17.6 Å². The lowest BCUT2D eigenvalue weighted by molar-refractivity contribution is 0.0258. The van der Waals surface area contributed by atoms with Crippen LogP contribution in [0.5, 0.6) is 0 Å². The zero-order valence-electron chi connectivity index (χ0n) is 21.2. The van der Waals surface area contributed by atoms with Crippen LogP contribution in [0.4, 0.5) is 0 Å². The van der Waals surface area contributed by atoms with Gasteiger partial charge in [0, 0.05) is 6.20 Å². The van der Waals surface area contributed by atoms with Gasteiger partial charge in [-0.15, -0.1) is 11.8 Å². The fourth-order valence-electron chi connectivity index (χ4n) is 3.99. The summed E-state index contributed by atoms with van der Waals surface area (Å²) in [6.45, 7) is 8.27. The van der Waals surface area contributed by atoms with Crippen molar-refractivity contribution in [2.24, 2.45) is 0 Å². The van der Waals surface area contributed by atoms with Crippen molar-refractivity contribution in [2.75, 3.05) is 5.75 Å². The lowest BCUT2D eigenvalue weighted by atomic mass is 10.0. The molecule has 1 aromatic carbocycles. The molecule has 0 saturated heterocycles. The summed E-state index contributed by atoms with van der Waals surface area (Å²) in [6.07, 6.45) is 1.17. The summed E-state index contributed by atoms with van der Waals surface area (Å²) >= 11 is 1.78. The number of thioether (sulfide) groups is 1. The van der Waals surface area contributed by atoms with E-state index in [0.717, 1.165) is 39.8 Å². The molecule has 0 aliphatic heterocycles. The maximum atomic E-state index is 6.47. The van der Waals surface area contributed by atoms with Crippen LogP contribution >= 0.6 is 11.8 Å². The van der Waals surface area contributed by atoms with Gasteiger partial charge in [0.25, 0.3) is 0 Å². The minimum absolute atomic E-state index is 0.0238. The van der Waals surface area contributed by atoms with E-state index >= 15 is 0 Å². The molecule has 0 N–H and O–H groups in total. The molecule has 0 amide bonds. The van der Waals surface area contributed by atoms with Crippen molar-refractivity contribution in [3.8, 4) is 11.4 Å². The third kappa shape index (κ3) is 6.78. The second kappa shape index (κ2) is 12.8. The van der Waals surface area contributed by atoms with Gasteiger partial charge >= 0.3 is 0 Å². The molecule has 6 heteroatoms.